The van der Waals surface area contributed by atoms with Gasteiger partial charge in [0, 0.05) is 11.7 Å². The van der Waals surface area contributed by atoms with Crippen molar-refractivity contribution in [1.82, 2.24) is 0 Å². The highest BCUT2D eigenvalue weighted by molar-refractivity contribution is 7.99. The molecule has 1 atom stereocenters. The summed E-state index contributed by atoms with van der Waals surface area (Å²) in [6, 6.07) is 0. The predicted octanol–water partition coefficient (Wildman–Crippen LogP) is 1.33. The molecule has 1 rings (SSSR count). The Morgan fingerprint density at radius 3 is 2.88 bits per heavy atom. The third-order valence-electron chi connectivity index (χ3n) is 1.39. The van der Waals surface area contributed by atoms with Crippen LogP contribution in [0, 0.1) is 5.92 Å². The Morgan fingerprint density at radius 2 is 2.50 bits per heavy atom. The first-order valence-corrected chi connectivity index (χ1v) is 4.12. The molecule has 46 valence electrons. The monoisotopic (exact) mass is 130 g/mol. The van der Waals surface area contributed by atoms with Gasteiger partial charge in [0.15, 0.2) is 0 Å². The summed E-state index contributed by atoms with van der Waals surface area (Å²) in [6.45, 7) is 0. The molecule has 1 fully saturated rings. The van der Waals surface area contributed by atoms with Gasteiger partial charge in [-0.2, -0.15) is 11.8 Å². The van der Waals surface area contributed by atoms with Gasteiger partial charge < -0.3 is 4.79 Å². The minimum Gasteiger partial charge on any atom is -0.303 e. The van der Waals surface area contributed by atoms with Crippen LogP contribution in [0.15, 0.2) is 0 Å². The summed E-state index contributed by atoms with van der Waals surface area (Å²) in [7, 11) is 0. The average molecular weight is 130 g/mol. The lowest BCUT2D eigenvalue weighted by Gasteiger charge is -2.14. The molecule has 0 radical (unpaired) electrons. The molecule has 0 unspecified atom stereocenters. The van der Waals surface area contributed by atoms with E-state index in [2.05, 4.69) is 0 Å². The molecule has 8 heavy (non-hydrogen) atoms. The average Bonchev–Trinajstić information content (AvgIpc) is 1.90. The lowest BCUT2D eigenvalue weighted by Crippen LogP contribution is -2.10. The summed E-state index contributed by atoms with van der Waals surface area (Å²) in [6.07, 6.45) is 3.44. The maximum atomic E-state index is 10.1. The van der Waals surface area contributed by atoms with Crippen molar-refractivity contribution in [3.63, 3.8) is 0 Å². The highest BCUT2D eigenvalue weighted by atomic mass is 32.2. The normalized spacial score (nSPS) is 29.8. The van der Waals surface area contributed by atoms with Gasteiger partial charge in [-0.25, -0.2) is 0 Å². The van der Waals surface area contributed by atoms with Gasteiger partial charge in [0.25, 0.3) is 0 Å². The van der Waals surface area contributed by atoms with Crippen molar-refractivity contribution in [3.05, 3.63) is 0 Å². The van der Waals surface area contributed by atoms with Gasteiger partial charge in [0.2, 0.25) is 0 Å². The first kappa shape index (κ1) is 6.14. The molecule has 0 aliphatic carbocycles. The van der Waals surface area contributed by atoms with Crippen molar-refractivity contribution in [2.24, 2.45) is 5.92 Å². The minimum absolute atomic E-state index is 0.369. The fourth-order valence-electron chi connectivity index (χ4n) is 0.873. The van der Waals surface area contributed by atoms with Gasteiger partial charge in [-0.05, 0) is 18.6 Å². The molecule has 0 saturated carbocycles. The number of hydrogen-bond acceptors (Lipinski definition) is 2. The maximum Gasteiger partial charge on any atom is 0.123 e. The summed E-state index contributed by atoms with van der Waals surface area (Å²) in [5, 5.41) is 0. The summed E-state index contributed by atoms with van der Waals surface area (Å²) in [5.41, 5.74) is 0. The summed E-state index contributed by atoms with van der Waals surface area (Å²) >= 11 is 1.90. The SMILES string of the molecule is O=C[C@H]1CCCSC1. The molecule has 1 saturated heterocycles. The number of hydrogen-bond donors (Lipinski definition) is 0. The second kappa shape index (κ2) is 3.13. The highest BCUT2D eigenvalue weighted by Gasteiger charge is 2.10. The van der Waals surface area contributed by atoms with E-state index < -0.39 is 0 Å². The lowest BCUT2D eigenvalue weighted by molar-refractivity contribution is -0.110. The van der Waals surface area contributed by atoms with Crippen LogP contribution in [-0.2, 0) is 4.79 Å². The van der Waals surface area contributed by atoms with Crippen LogP contribution in [0.1, 0.15) is 12.8 Å². The van der Waals surface area contributed by atoms with Crippen LogP contribution < -0.4 is 0 Å². The lowest BCUT2D eigenvalue weighted by atomic mass is 10.1. The Bertz CT molecular complexity index is 76.6. The topological polar surface area (TPSA) is 17.1 Å². The summed E-state index contributed by atoms with van der Waals surface area (Å²) in [5.74, 6) is 2.68. The van der Waals surface area contributed by atoms with Crippen LogP contribution in [0.25, 0.3) is 0 Å². The highest BCUT2D eigenvalue weighted by Crippen LogP contribution is 2.20. The summed E-state index contributed by atoms with van der Waals surface area (Å²) < 4.78 is 0. The van der Waals surface area contributed by atoms with Crippen LogP contribution in [0.5, 0.6) is 0 Å². The first-order chi connectivity index (χ1) is 3.93. The molecule has 0 aromatic carbocycles. The summed E-state index contributed by atoms with van der Waals surface area (Å²) in [4.78, 5) is 10.1. The molecule has 0 spiro atoms. The smallest absolute Gasteiger partial charge is 0.123 e. The van der Waals surface area contributed by atoms with E-state index in [1.807, 2.05) is 11.8 Å². The van der Waals surface area contributed by atoms with Crippen LogP contribution in [0.2, 0.25) is 0 Å². The van der Waals surface area contributed by atoms with Gasteiger partial charge in [0.1, 0.15) is 6.29 Å². The molecule has 1 aliphatic rings. The molecule has 0 amide bonds. The molecule has 1 aliphatic heterocycles. The molecule has 1 heterocycles. The molecule has 0 N–H and O–H groups in total. The zero-order valence-electron chi connectivity index (χ0n) is 4.80. The molecular weight excluding hydrogens is 120 g/mol. The number of thioether (sulfide) groups is 1. The zero-order chi connectivity index (χ0) is 5.82. The van der Waals surface area contributed by atoms with Crippen LogP contribution in [-0.4, -0.2) is 17.8 Å². The fourth-order valence-corrected chi connectivity index (χ4v) is 1.96. The van der Waals surface area contributed by atoms with Crippen molar-refractivity contribution in [2.45, 2.75) is 12.8 Å². The van der Waals surface area contributed by atoms with Gasteiger partial charge in [-0.15, -0.1) is 0 Å². The molecule has 0 aromatic heterocycles. The standard InChI is InChI=1S/C6H10OS/c7-4-6-2-1-3-8-5-6/h4,6H,1-3,5H2/t6-/m1/s1. The van der Waals surface area contributed by atoms with E-state index in [0.717, 1.165) is 18.5 Å². The zero-order valence-corrected chi connectivity index (χ0v) is 5.62. The number of carbonyl (C=O) groups is 1. The molecule has 2 heteroatoms. The van der Waals surface area contributed by atoms with E-state index in [0.29, 0.717) is 5.92 Å². The van der Waals surface area contributed by atoms with E-state index in [-0.39, 0.29) is 0 Å². The van der Waals surface area contributed by atoms with Crippen LogP contribution in [0.4, 0.5) is 0 Å². The Hall–Kier alpha value is 0.0200. The van der Waals surface area contributed by atoms with E-state index >= 15 is 0 Å². The van der Waals surface area contributed by atoms with Crippen LogP contribution in [0.3, 0.4) is 0 Å². The van der Waals surface area contributed by atoms with Crippen molar-refractivity contribution in [3.8, 4) is 0 Å². The Kier molecular flexibility index (Phi) is 2.40. The second-order valence-electron chi connectivity index (χ2n) is 2.11. The third-order valence-corrected chi connectivity index (χ3v) is 2.63. The van der Waals surface area contributed by atoms with E-state index in [1.165, 1.54) is 12.2 Å². The fraction of sp³-hybridized carbons (Fsp3) is 0.833. The van der Waals surface area contributed by atoms with E-state index in [9.17, 15) is 4.79 Å². The van der Waals surface area contributed by atoms with E-state index in [1.54, 1.807) is 0 Å². The minimum atomic E-state index is 0.369. The predicted molar refractivity (Wildman–Crippen MR) is 36.1 cm³/mol. The largest absolute Gasteiger partial charge is 0.303 e. The molecule has 1 nitrogen and oxygen atoms in total. The van der Waals surface area contributed by atoms with Crippen molar-refractivity contribution in [2.75, 3.05) is 11.5 Å². The molecule has 0 aromatic rings. The second-order valence-corrected chi connectivity index (χ2v) is 3.26. The Morgan fingerprint density at radius 1 is 1.62 bits per heavy atom. The van der Waals surface area contributed by atoms with Crippen LogP contribution >= 0.6 is 11.8 Å². The van der Waals surface area contributed by atoms with Gasteiger partial charge in [-0.1, -0.05) is 0 Å². The van der Waals surface area contributed by atoms with Gasteiger partial charge >= 0.3 is 0 Å². The Labute approximate surface area is 53.8 Å². The molecular formula is C6H10OS. The quantitative estimate of drug-likeness (QED) is 0.498. The Balaban J connectivity index is 2.22. The maximum absolute atomic E-state index is 10.1. The van der Waals surface area contributed by atoms with E-state index in [4.69, 9.17) is 0 Å². The van der Waals surface area contributed by atoms with Crippen molar-refractivity contribution >= 4 is 18.0 Å². The van der Waals surface area contributed by atoms with Gasteiger partial charge in [-0.3, -0.25) is 0 Å². The van der Waals surface area contributed by atoms with Gasteiger partial charge in [0.05, 0.1) is 0 Å². The molecule has 0 bridgehead atoms. The first-order valence-electron chi connectivity index (χ1n) is 2.96. The van der Waals surface area contributed by atoms with Crippen molar-refractivity contribution < 1.29 is 4.79 Å². The number of rotatable bonds is 1. The number of carbonyl (C=O) groups excluding carboxylic acids is 1. The third kappa shape index (κ3) is 1.51. The van der Waals surface area contributed by atoms with Crippen molar-refractivity contribution in [1.29, 1.82) is 0 Å². The number of aldehydes is 1.